The molecule has 0 saturated heterocycles. The highest BCUT2D eigenvalue weighted by atomic mass is 16.6. The van der Waals surface area contributed by atoms with Gasteiger partial charge in [0.05, 0.1) is 6.07 Å². The number of ether oxygens (including phenoxy) is 1. The summed E-state index contributed by atoms with van der Waals surface area (Å²) in [6.07, 6.45) is -0.264. The highest BCUT2D eigenvalue weighted by molar-refractivity contribution is 6.01. The van der Waals surface area contributed by atoms with Crippen LogP contribution in [0.1, 0.15) is 58.2 Å². The van der Waals surface area contributed by atoms with Crippen LogP contribution in [0.3, 0.4) is 0 Å². The van der Waals surface area contributed by atoms with E-state index in [4.69, 9.17) is 4.74 Å². The summed E-state index contributed by atoms with van der Waals surface area (Å²) >= 11 is 0. The topological polar surface area (TPSA) is 132 Å². The molecule has 0 heterocycles. The number of carbonyl (C=O) groups is 3. The van der Waals surface area contributed by atoms with Gasteiger partial charge in [0.1, 0.15) is 30.0 Å². The zero-order valence-corrected chi connectivity index (χ0v) is 24.4. The van der Waals surface area contributed by atoms with Crippen molar-refractivity contribution in [3.05, 3.63) is 71.8 Å². The van der Waals surface area contributed by atoms with Gasteiger partial charge in [-0.1, -0.05) is 68.8 Å². The van der Waals surface area contributed by atoms with Crippen LogP contribution >= 0.6 is 0 Å². The van der Waals surface area contributed by atoms with Gasteiger partial charge in [0, 0.05) is 11.3 Å². The van der Waals surface area contributed by atoms with Gasteiger partial charge in [-0.2, -0.15) is 5.26 Å². The van der Waals surface area contributed by atoms with E-state index in [1.54, 1.807) is 58.9 Å². The second-order valence-electron chi connectivity index (χ2n) is 11.1. The average Bonchev–Trinajstić information content (AvgIpc) is 2.91. The number of nitriles is 1. The molecule has 9 heteroatoms. The molecule has 0 aromatic heterocycles. The van der Waals surface area contributed by atoms with Gasteiger partial charge < -0.3 is 25.4 Å². The Labute approximate surface area is 241 Å². The minimum atomic E-state index is -1.37. The Morgan fingerprint density at radius 2 is 1.73 bits per heavy atom. The van der Waals surface area contributed by atoms with Crippen molar-refractivity contribution in [2.45, 2.75) is 65.6 Å². The summed E-state index contributed by atoms with van der Waals surface area (Å²) in [5.74, 6) is -1.79. The molecule has 0 radical (unpaired) electrons. The Hall–Kier alpha value is -4.58. The van der Waals surface area contributed by atoms with Gasteiger partial charge in [-0.25, -0.2) is 4.79 Å². The number of amides is 3. The first kappa shape index (κ1) is 31.0. The van der Waals surface area contributed by atoms with Crippen LogP contribution in [0, 0.1) is 24.2 Å². The fourth-order valence-electron chi connectivity index (χ4n) is 4.50. The smallest absolute Gasteiger partial charge is 0.408 e. The number of alkyl carbamates (subject to hydrolysis) is 1. The van der Waals surface area contributed by atoms with E-state index in [1.807, 2.05) is 49.4 Å². The standard InChI is InChI=1S/C32H38N4O5/c1-7-20(2)26(35-31(40)41-32(4,5)6)30(39)36(18-17-33)27(25-14-10-11-21(3)28(25)37)29(38)34-24-16-15-22-12-8-9-13-23(22)19-24/h8-16,19-20,26-27,37H,7,18H2,1-6H3,(H,34,38)(H,35,40). The number of anilines is 1. The van der Waals surface area contributed by atoms with Gasteiger partial charge in [-0.15, -0.1) is 0 Å². The van der Waals surface area contributed by atoms with Crippen molar-refractivity contribution in [1.82, 2.24) is 10.2 Å². The van der Waals surface area contributed by atoms with E-state index in [0.29, 0.717) is 17.7 Å². The maximum absolute atomic E-state index is 14.1. The normalized spacial score (nSPS) is 13.4. The quantitative estimate of drug-likeness (QED) is 0.283. The van der Waals surface area contributed by atoms with Crippen LogP contribution in [0.4, 0.5) is 10.5 Å². The molecule has 3 amide bonds. The SMILES string of the molecule is CCC(C)C(NC(=O)OC(C)(C)C)C(=O)N(CC#N)C(C(=O)Nc1ccc2ccccc2c1)c1cccc(C)c1O. The van der Waals surface area contributed by atoms with Gasteiger partial charge >= 0.3 is 6.09 Å². The number of aromatic hydroxyl groups is 1. The maximum Gasteiger partial charge on any atom is 0.408 e. The third-order valence-electron chi connectivity index (χ3n) is 6.82. The maximum atomic E-state index is 14.1. The molecule has 0 fully saturated rings. The van der Waals surface area contributed by atoms with Crippen molar-refractivity contribution < 1.29 is 24.2 Å². The molecule has 216 valence electrons. The Morgan fingerprint density at radius 3 is 2.37 bits per heavy atom. The van der Waals surface area contributed by atoms with Crippen molar-refractivity contribution in [2.24, 2.45) is 5.92 Å². The Morgan fingerprint density at radius 1 is 1.05 bits per heavy atom. The molecule has 3 unspecified atom stereocenters. The molecule has 0 saturated carbocycles. The molecule has 0 aliphatic rings. The van der Waals surface area contributed by atoms with Gasteiger partial charge in [0.15, 0.2) is 0 Å². The molecule has 0 aliphatic heterocycles. The van der Waals surface area contributed by atoms with E-state index in [-0.39, 0.29) is 17.2 Å². The number of carbonyl (C=O) groups excluding carboxylic acids is 3. The Kier molecular flexibility index (Phi) is 9.95. The number of hydrogen-bond donors (Lipinski definition) is 3. The van der Waals surface area contributed by atoms with E-state index in [1.165, 1.54) is 0 Å². The van der Waals surface area contributed by atoms with E-state index in [0.717, 1.165) is 15.7 Å². The molecule has 3 rings (SSSR count). The zero-order chi connectivity index (χ0) is 30.3. The van der Waals surface area contributed by atoms with Crippen molar-refractivity contribution in [1.29, 1.82) is 5.26 Å². The summed E-state index contributed by atoms with van der Waals surface area (Å²) in [6, 6.07) is 17.5. The first-order valence-corrected chi connectivity index (χ1v) is 13.6. The number of fused-ring (bicyclic) bond motifs is 1. The van der Waals surface area contributed by atoms with Crippen molar-refractivity contribution in [2.75, 3.05) is 11.9 Å². The lowest BCUT2D eigenvalue weighted by Crippen LogP contribution is -2.54. The lowest BCUT2D eigenvalue weighted by Gasteiger charge is -2.35. The van der Waals surface area contributed by atoms with Crippen molar-refractivity contribution in [3.63, 3.8) is 0 Å². The first-order valence-electron chi connectivity index (χ1n) is 13.6. The number of aryl methyl sites for hydroxylation is 1. The van der Waals surface area contributed by atoms with Crippen LogP contribution in [0.15, 0.2) is 60.7 Å². The largest absolute Gasteiger partial charge is 0.507 e. The van der Waals surface area contributed by atoms with Gasteiger partial charge in [0.25, 0.3) is 5.91 Å². The number of rotatable bonds is 9. The summed E-state index contributed by atoms with van der Waals surface area (Å²) in [5.41, 5.74) is 0.350. The lowest BCUT2D eigenvalue weighted by molar-refractivity contribution is -0.141. The fourth-order valence-corrected chi connectivity index (χ4v) is 4.50. The molecular weight excluding hydrogens is 520 g/mol. The van der Waals surface area contributed by atoms with Crippen LogP contribution in [0.5, 0.6) is 5.75 Å². The molecule has 3 N–H and O–H groups in total. The number of benzene rings is 3. The van der Waals surface area contributed by atoms with Crippen LogP contribution in [-0.4, -0.2) is 46.1 Å². The summed E-state index contributed by atoms with van der Waals surface area (Å²) in [5, 5.41) is 28.2. The van der Waals surface area contributed by atoms with E-state index >= 15 is 0 Å². The molecule has 3 atom stereocenters. The monoisotopic (exact) mass is 558 g/mol. The number of phenols is 1. The third-order valence-corrected chi connectivity index (χ3v) is 6.82. The van der Waals surface area contributed by atoms with Crippen LogP contribution < -0.4 is 10.6 Å². The Balaban J connectivity index is 2.07. The number of nitrogens with one attached hydrogen (secondary N) is 2. The minimum Gasteiger partial charge on any atom is -0.507 e. The lowest BCUT2D eigenvalue weighted by atomic mass is 9.95. The zero-order valence-electron chi connectivity index (χ0n) is 24.4. The van der Waals surface area contributed by atoms with Gasteiger partial charge in [0.2, 0.25) is 5.91 Å². The molecule has 0 spiro atoms. The molecule has 41 heavy (non-hydrogen) atoms. The van der Waals surface area contributed by atoms with Crippen LogP contribution in [0.25, 0.3) is 10.8 Å². The number of nitrogens with zero attached hydrogens (tertiary/aromatic N) is 2. The fraction of sp³-hybridized carbons (Fsp3) is 0.375. The second kappa shape index (κ2) is 13.2. The van der Waals surface area contributed by atoms with E-state index < -0.39 is 42.1 Å². The summed E-state index contributed by atoms with van der Waals surface area (Å²) in [6.45, 7) is 10.0. The van der Waals surface area contributed by atoms with Crippen LogP contribution in [0.2, 0.25) is 0 Å². The predicted octanol–water partition coefficient (Wildman–Crippen LogP) is 5.83. The van der Waals surface area contributed by atoms with E-state index in [9.17, 15) is 24.8 Å². The summed E-state index contributed by atoms with van der Waals surface area (Å²) < 4.78 is 5.39. The number of hydrogen-bond acceptors (Lipinski definition) is 6. The van der Waals surface area contributed by atoms with Crippen LogP contribution in [-0.2, 0) is 14.3 Å². The Bertz CT molecular complexity index is 1460. The highest BCUT2D eigenvalue weighted by Crippen LogP contribution is 2.33. The molecule has 3 aromatic carbocycles. The average molecular weight is 559 g/mol. The highest BCUT2D eigenvalue weighted by Gasteiger charge is 2.39. The second-order valence-corrected chi connectivity index (χ2v) is 11.1. The predicted molar refractivity (Wildman–Crippen MR) is 158 cm³/mol. The molecule has 0 aliphatic carbocycles. The summed E-state index contributed by atoms with van der Waals surface area (Å²) in [7, 11) is 0. The molecule has 9 nitrogen and oxygen atoms in total. The minimum absolute atomic E-state index is 0.159. The molecule has 0 bridgehead atoms. The number of para-hydroxylation sites is 1. The number of phenolic OH excluding ortho intramolecular Hbond substituents is 1. The van der Waals surface area contributed by atoms with Crippen molar-refractivity contribution >= 4 is 34.4 Å². The van der Waals surface area contributed by atoms with E-state index in [2.05, 4.69) is 10.6 Å². The first-order chi connectivity index (χ1) is 19.4. The van der Waals surface area contributed by atoms with Crippen molar-refractivity contribution in [3.8, 4) is 11.8 Å². The molecule has 3 aromatic rings. The third kappa shape index (κ3) is 7.76. The molecular formula is C32H38N4O5. The summed E-state index contributed by atoms with van der Waals surface area (Å²) in [4.78, 5) is 41.9. The van der Waals surface area contributed by atoms with Gasteiger partial charge in [-0.05, 0) is 62.1 Å². The van der Waals surface area contributed by atoms with Gasteiger partial charge in [-0.3, -0.25) is 9.59 Å².